The first-order valence-electron chi connectivity index (χ1n) is 26.2. The standard InChI is InChI=1S/C56H75N11O7S2/c1-37-33-58-54(63-51(37)60-42-15-14-16-45(31-42)76(73,74)64-56(6,7)8)61-41-23-25-43(26-24-41)65-27-29-66(30-28-65)48(70)18-13-11-9-10-12-17-47(69)62-50(55(3,4)5)53(72)67-35-44(68)32-46(67)52(71)57-34-39-19-21-40(22-20-39)49-38(2)59-36-75-49/h14-16,19-26,31,33,36,44,46,50,64,68H,9-13,17-18,27-30,32,34-35H2,1-8H3,(H,57,71)(H,62,69)(H2,58,60,61,63)/t44-,46+,50-/m1/s1. The van der Waals surface area contributed by atoms with Crippen molar-refractivity contribution in [3.63, 3.8) is 0 Å². The first kappa shape index (κ1) is 57.2. The van der Waals surface area contributed by atoms with E-state index in [1.54, 1.807) is 62.6 Å². The van der Waals surface area contributed by atoms with Gasteiger partial charge in [-0.2, -0.15) is 4.98 Å². The number of β-amino-alcohol motifs (C(OH)–C–C–N with tert-alkyl or cyclic N) is 1. The molecule has 4 amide bonds. The van der Waals surface area contributed by atoms with Crippen molar-refractivity contribution < 1.29 is 32.7 Å². The van der Waals surface area contributed by atoms with Crippen LogP contribution >= 0.6 is 11.3 Å². The summed E-state index contributed by atoms with van der Waals surface area (Å²) >= 11 is 1.58. The monoisotopic (exact) mass is 1080 g/mol. The largest absolute Gasteiger partial charge is 0.391 e. The van der Waals surface area contributed by atoms with E-state index in [4.69, 9.17) is 0 Å². The lowest BCUT2D eigenvalue weighted by Gasteiger charge is -2.36. The number of nitrogens with zero attached hydrogens (tertiary/aromatic N) is 6. The maximum absolute atomic E-state index is 14.1. The van der Waals surface area contributed by atoms with Crippen molar-refractivity contribution in [2.75, 3.05) is 48.3 Å². The Morgan fingerprint density at radius 3 is 2.16 bits per heavy atom. The van der Waals surface area contributed by atoms with Gasteiger partial charge >= 0.3 is 0 Å². The Kier molecular flexibility index (Phi) is 18.9. The predicted molar refractivity (Wildman–Crippen MR) is 299 cm³/mol. The third-order valence-corrected chi connectivity index (χ3v) is 16.2. The number of aryl methyl sites for hydroxylation is 2. The van der Waals surface area contributed by atoms with Gasteiger partial charge in [0.2, 0.25) is 39.6 Å². The summed E-state index contributed by atoms with van der Waals surface area (Å²) in [7, 11) is -3.72. The highest BCUT2D eigenvalue weighted by Crippen LogP contribution is 2.30. The highest BCUT2D eigenvalue weighted by molar-refractivity contribution is 7.89. The SMILES string of the molecule is Cc1cnc(Nc2ccc(N3CCN(C(=O)CCCCCCCC(=O)N[C@H](C(=O)N4C[C@H](O)C[C@H]4C(=O)NCc4ccc(-c5scnc5C)cc4)C(C)(C)C)CC3)cc2)nc1Nc1cccc(S(=O)(=O)NC(C)(C)C)c1. The molecule has 2 aliphatic rings. The van der Waals surface area contributed by atoms with Crippen molar-refractivity contribution in [2.45, 2.75) is 142 Å². The van der Waals surface area contributed by atoms with Crippen LogP contribution in [0.4, 0.5) is 28.8 Å². The fourth-order valence-electron chi connectivity index (χ4n) is 9.33. The summed E-state index contributed by atoms with van der Waals surface area (Å²) in [6.45, 7) is 17.8. The van der Waals surface area contributed by atoms with Gasteiger partial charge in [-0.1, -0.05) is 70.4 Å². The van der Waals surface area contributed by atoms with E-state index < -0.39 is 39.2 Å². The zero-order chi connectivity index (χ0) is 54.8. The number of sulfonamides is 1. The molecular formula is C56H75N11O7S2. The van der Waals surface area contributed by atoms with Crippen molar-refractivity contribution >= 4 is 73.8 Å². The maximum atomic E-state index is 14.1. The minimum atomic E-state index is -3.72. The van der Waals surface area contributed by atoms with Gasteiger partial charge in [0.1, 0.15) is 17.9 Å². The minimum Gasteiger partial charge on any atom is -0.391 e. The van der Waals surface area contributed by atoms with Crippen LogP contribution in [-0.4, -0.2) is 118 Å². The molecule has 2 aromatic heterocycles. The summed E-state index contributed by atoms with van der Waals surface area (Å²) in [6.07, 6.45) is 5.67. The molecule has 0 spiro atoms. The molecule has 2 fully saturated rings. The van der Waals surface area contributed by atoms with Crippen LogP contribution in [0.15, 0.2) is 89.4 Å². The summed E-state index contributed by atoms with van der Waals surface area (Å²) < 4.78 is 28.6. The number of anilines is 5. The number of carbonyl (C=O) groups is 4. The number of hydrogen-bond donors (Lipinski definition) is 6. The number of aliphatic hydroxyl groups excluding tert-OH is 1. The number of aromatic nitrogens is 3. The molecule has 408 valence electrons. The lowest BCUT2D eigenvalue weighted by Crippen LogP contribution is -2.57. The van der Waals surface area contributed by atoms with Crippen LogP contribution in [0.1, 0.15) is 110 Å². The van der Waals surface area contributed by atoms with E-state index in [1.165, 1.54) is 4.90 Å². The van der Waals surface area contributed by atoms with Crippen molar-refractivity contribution in [1.29, 1.82) is 0 Å². The first-order chi connectivity index (χ1) is 36.0. The van der Waals surface area contributed by atoms with E-state index in [2.05, 4.69) is 45.8 Å². The van der Waals surface area contributed by atoms with Gasteiger partial charge in [0.15, 0.2) is 0 Å². The third kappa shape index (κ3) is 15.8. The average Bonchev–Trinajstić information content (AvgIpc) is 4.00. The summed E-state index contributed by atoms with van der Waals surface area (Å²) in [5.74, 6) is 0.0990. The summed E-state index contributed by atoms with van der Waals surface area (Å²) in [4.78, 5) is 74.3. The molecular weight excluding hydrogens is 1000 g/mol. The second kappa shape index (κ2) is 25.1. The molecule has 2 saturated heterocycles. The van der Waals surface area contributed by atoms with Crippen molar-refractivity contribution in [1.82, 2.24) is 40.1 Å². The smallest absolute Gasteiger partial charge is 0.246 e. The number of unbranched alkanes of at least 4 members (excludes halogenated alkanes) is 4. The lowest BCUT2D eigenvalue weighted by molar-refractivity contribution is -0.144. The van der Waals surface area contributed by atoms with Crippen LogP contribution in [-0.2, 0) is 35.7 Å². The van der Waals surface area contributed by atoms with E-state index in [0.717, 1.165) is 64.3 Å². The van der Waals surface area contributed by atoms with E-state index in [0.29, 0.717) is 56.5 Å². The van der Waals surface area contributed by atoms with Gasteiger partial charge in [-0.3, -0.25) is 19.2 Å². The molecule has 2 aliphatic heterocycles. The van der Waals surface area contributed by atoms with Gasteiger partial charge in [-0.05, 0) is 106 Å². The normalized spacial score (nSPS) is 16.6. The topological polar surface area (TPSA) is 231 Å². The lowest BCUT2D eigenvalue weighted by atomic mass is 9.85. The molecule has 6 N–H and O–H groups in total. The number of rotatable bonds is 21. The van der Waals surface area contributed by atoms with E-state index in [9.17, 15) is 32.7 Å². The molecule has 7 rings (SSSR count). The number of aliphatic hydroxyl groups is 1. The van der Waals surface area contributed by atoms with Crippen LogP contribution < -0.4 is 30.9 Å². The summed E-state index contributed by atoms with van der Waals surface area (Å²) in [6, 6.07) is 20.7. The van der Waals surface area contributed by atoms with Gasteiger partial charge in [-0.25, -0.2) is 23.1 Å². The molecule has 3 atom stereocenters. The number of hydrogen-bond acceptors (Lipinski definition) is 14. The number of amides is 4. The fourth-order valence-corrected chi connectivity index (χ4v) is 11.6. The minimum absolute atomic E-state index is 0.0120. The van der Waals surface area contributed by atoms with Crippen LogP contribution in [0.5, 0.6) is 0 Å². The number of carbonyl (C=O) groups excluding carboxylic acids is 4. The zero-order valence-corrected chi connectivity index (χ0v) is 46.7. The van der Waals surface area contributed by atoms with E-state index >= 15 is 0 Å². The molecule has 3 aromatic carbocycles. The summed E-state index contributed by atoms with van der Waals surface area (Å²) in [5, 5.41) is 23.0. The molecule has 0 unspecified atom stereocenters. The Bertz CT molecular complexity index is 2910. The number of piperazine rings is 1. The van der Waals surface area contributed by atoms with Gasteiger partial charge in [0, 0.05) is 92.9 Å². The molecule has 20 heteroatoms. The first-order valence-corrected chi connectivity index (χ1v) is 28.6. The Morgan fingerprint density at radius 1 is 0.816 bits per heavy atom. The number of benzene rings is 3. The highest BCUT2D eigenvalue weighted by Gasteiger charge is 2.44. The van der Waals surface area contributed by atoms with Crippen molar-refractivity contribution in [2.24, 2.45) is 5.41 Å². The Morgan fingerprint density at radius 2 is 1.50 bits per heavy atom. The predicted octanol–water partition coefficient (Wildman–Crippen LogP) is 7.97. The average molecular weight is 1080 g/mol. The second-order valence-corrected chi connectivity index (χ2v) is 24.5. The molecule has 18 nitrogen and oxygen atoms in total. The maximum Gasteiger partial charge on any atom is 0.246 e. The number of thiazole rings is 1. The molecule has 0 bridgehead atoms. The molecule has 4 heterocycles. The molecule has 5 aromatic rings. The quantitative estimate of drug-likeness (QED) is 0.0384. The van der Waals surface area contributed by atoms with Crippen LogP contribution in [0, 0.1) is 19.3 Å². The Hall–Kier alpha value is -6.48. The van der Waals surface area contributed by atoms with Gasteiger partial charge in [0.25, 0.3) is 0 Å². The molecule has 76 heavy (non-hydrogen) atoms. The van der Waals surface area contributed by atoms with Gasteiger partial charge in [0.05, 0.1) is 27.1 Å². The third-order valence-electron chi connectivity index (χ3n) is 13.4. The van der Waals surface area contributed by atoms with Gasteiger partial charge in [-0.15, -0.1) is 11.3 Å². The molecule has 0 saturated carbocycles. The second-order valence-electron chi connectivity index (χ2n) is 22.0. The van der Waals surface area contributed by atoms with Crippen molar-refractivity contribution in [3.05, 3.63) is 101 Å². The molecule has 0 radical (unpaired) electrons. The van der Waals surface area contributed by atoms with Crippen LogP contribution in [0.3, 0.4) is 0 Å². The molecule has 0 aliphatic carbocycles. The van der Waals surface area contributed by atoms with Crippen LogP contribution in [0.2, 0.25) is 0 Å². The van der Waals surface area contributed by atoms with E-state index in [1.807, 2.05) is 93.6 Å². The Labute approximate surface area is 451 Å². The van der Waals surface area contributed by atoms with Gasteiger partial charge < -0.3 is 41.1 Å². The number of likely N-dealkylation sites (tertiary alicyclic amines) is 1. The van der Waals surface area contributed by atoms with Crippen molar-refractivity contribution in [3.8, 4) is 10.4 Å². The zero-order valence-electron chi connectivity index (χ0n) is 45.1. The van der Waals surface area contributed by atoms with Crippen LogP contribution in [0.25, 0.3) is 10.4 Å². The fraction of sp³-hybridized carbons (Fsp3) is 0.482. The summed E-state index contributed by atoms with van der Waals surface area (Å²) in [5.41, 5.74) is 6.68. The number of nitrogens with one attached hydrogen (secondary N) is 5. The Balaban J connectivity index is 0.783. The highest BCUT2D eigenvalue weighted by atomic mass is 32.2. The van der Waals surface area contributed by atoms with E-state index in [-0.39, 0.29) is 54.5 Å².